The number of nitrogens with two attached hydrogens (primary N) is 4. The average molecular weight is 631 g/mol. The molecule has 45 heavy (non-hydrogen) atoms. The van der Waals surface area contributed by atoms with Crippen LogP contribution < -0.4 is 22.9 Å². The van der Waals surface area contributed by atoms with Crippen molar-refractivity contribution >= 4 is 0 Å². The summed E-state index contributed by atoms with van der Waals surface area (Å²) in [6, 6.07) is -0.0773. The van der Waals surface area contributed by atoms with Gasteiger partial charge in [-0.2, -0.15) is 0 Å². The van der Waals surface area contributed by atoms with Crippen molar-refractivity contribution in [1.82, 2.24) is 30.0 Å². The molecule has 2 aromatic heterocycles. The summed E-state index contributed by atoms with van der Waals surface area (Å²) in [5.74, 6) is 0. The number of aliphatic hydroxyl groups excluding tert-OH is 4. The minimum atomic E-state index is -1.18. The summed E-state index contributed by atoms with van der Waals surface area (Å²) < 4.78 is 15.1. The normalized spacial score (nSPS) is 32.2. The van der Waals surface area contributed by atoms with E-state index in [-0.39, 0.29) is 13.2 Å². The highest BCUT2D eigenvalue weighted by Gasteiger charge is 2.42. The molecule has 5 rings (SSSR count). The van der Waals surface area contributed by atoms with Gasteiger partial charge in [-0.3, -0.25) is 0 Å². The van der Waals surface area contributed by atoms with Gasteiger partial charge < -0.3 is 52.8 Å². The average Bonchev–Trinajstić information content (AvgIpc) is 3.64. The fraction of sp³-hybridized carbons (Fsp3) is 0.655. The second-order valence-corrected chi connectivity index (χ2v) is 12.5. The molecule has 0 saturated heterocycles. The van der Waals surface area contributed by atoms with Crippen molar-refractivity contribution in [2.45, 2.75) is 121 Å². The van der Waals surface area contributed by atoms with Gasteiger partial charge in [-0.15, -0.1) is 10.2 Å². The molecule has 1 aromatic carbocycles. The molecular formula is C29H46N10O6. The van der Waals surface area contributed by atoms with E-state index in [4.69, 9.17) is 32.4 Å². The SMILES string of the molecule is Cc1cc(C)c(Cn2cc(CO[C@H]3[C@H](O)[C@@H](O)[C@H](N)C[C@@H]3N)nn2)c(C)c1Cn1cc(CO[C@H]2[C@H](O)[C@@H](O)[C@H](N)C[C@@H]2N)nn1. The van der Waals surface area contributed by atoms with Gasteiger partial charge in [0, 0.05) is 24.2 Å². The predicted octanol–water partition coefficient (Wildman–Crippen LogP) is -2.78. The number of aryl methyl sites for hydroxylation is 2. The Morgan fingerprint density at radius 2 is 1.07 bits per heavy atom. The largest absolute Gasteiger partial charge is 0.389 e. The monoisotopic (exact) mass is 630 g/mol. The maximum Gasteiger partial charge on any atom is 0.109 e. The van der Waals surface area contributed by atoms with Crippen LogP contribution in [0.5, 0.6) is 0 Å². The molecule has 0 aliphatic heterocycles. The van der Waals surface area contributed by atoms with E-state index in [1.165, 1.54) is 0 Å². The number of nitrogens with zero attached hydrogens (tertiary/aromatic N) is 6. The van der Waals surface area contributed by atoms with E-state index >= 15 is 0 Å². The lowest BCUT2D eigenvalue weighted by Gasteiger charge is -2.39. The van der Waals surface area contributed by atoms with Gasteiger partial charge in [0.05, 0.1) is 50.9 Å². The van der Waals surface area contributed by atoms with Crippen molar-refractivity contribution in [2.24, 2.45) is 22.9 Å². The lowest BCUT2D eigenvalue weighted by atomic mass is 9.85. The predicted molar refractivity (Wildman–Crippen MR) is 161 cm³/mol. The van der Waals surface area contributed by atoms with Crippen LogP contribution in [0.3, 0.4) is 0 Å². The highest BCUT2D eigenvalue weighted by Crippen LogP contribution is 2.26. The van der Waals surface area contributed by atoms with E-state index in [9.17, 15) is 20.4 Å². The highest BCUT2D eigenvalue weighted by atomic mass is 16.5. The van der Waals surface area contributed by atoms with Gasteiger partial charge in [0.15, 0.2) is 0 Å². The van der Waals surface area contributed by atoms with Crippen molar-refractivity contribution in [2.75, 3.05) is 0 Å². The molecule has 2 aliphatic carbocycles. The van der Waals surface area contributed by atoms with Crippen LogP contribution in [0.15, 0.2) is 18.5 Å². The Hall–Kier alpha value is -2.90. The number of rotatable bonds is 10. The van der Waals surface area contributed by atoms with Gasteiger partial charge in [0.2, 0.25) is 0 Å². The fourth-order valence-corrected chi connectivity index (χ4v) is 6.43. The van der Waals surface area contributed by atoms with Crippen LogP contribution in [-0.2, 0) is 35.8 Å². The molecule has 10 atom stereocenters. The smallest absolute Gasteiger partial charge is 0.109 e. The Morgan fingerprint density at radius 3 is 1.47 bits per heavy atom. The molecule has 2 heterocycles. The van der Waals surface area contributed by atoms with E-state index in [1.807, 2.05) is 0 Å². The Morgan fingerprint density at radius 1 is 0.667 bits per heavy atom. The molecule has 0 amide bonds. The minimum absolute atomic E-state index is 0.0760. The number of hydrogen-bond donors (Lipinski definition) is 8. The summed E-state index contributed by atoms with van der Waals surface area (Å²) >= 11 is 0. The molecule has 0 bridgehead atoms. The Bertz CT molecular complexity index is 1350. The number of benzene rings is 1. The standard InChI is InChI=1S/C29H46N10O6/c1-13-4-14(2)19(10-39-8-17(35-37-39)12-45-29-23(33)6-21(31)25(41)27(29)43)15(3)18(13)9-38-7-16(34-36-38)11-44-28-22(32)5-20(30)24(40)26(28)42/h4,7-8,20-29,40-43H,5-6,9-12,30-33H2,1-3H3/t20-,21-,22+,23+,24+,25+,26-,27-,28-,29-/m1/s1. The number of aromatic nitrogens is 6. The topological polar surface area (TPSA) is 265 Å². The second kappa shape index (κ2) is 13.8. The quantitative estimate of drug-likeness (QED) is 0.113. The van der Waals surface area contributed by atoms with E-state index in [0.29, 0.717) is 37.3 Å². The minimum Gasteiger partial charge on any atom is -0.389 e. The lowest BCUT2D eigenvalue weighted by Crippen LogP contribution is -2.61. The van der Waals surface area contributed by atoms with Gasteiger partial charge in [-0.1, -0.05) is 16.5 Å². The van der Waals surface area contributed by atoms with Gasteiger partial charge in [0.1, 0.15) is 35.8 Å². The maximum absolute atomic E-state index is 10.4. The zero-order valence-electron chi connectivity index (χ0n) is 25.8. The molecule has 12 N–H and O–H groups in total. The number of hydrogen-bond acceptors (Lipinski definition) is 14. The zero-order valence-corrected chi connectivity index (χ0v) is 25.8. The van der Waals surface area contributed by atoms with E-state index in [1.54, 1.807) is 21.8 Å². The van der Waals surface area contributed by atoms with Crippen LogP contribution >= 0.6 is 0 Å². The van der Waals surface area contributed by atoms with Crippen molar-refractivity contribution in [3.05, 3.63) is 57.7 Å². The van der Waals surface area contributed by atoms with Crippen LogP contribution in [0.1, 0.15) is 52.0 Å². The molecular weight excluding hydrogens is 584 g/mol. The van der Waals surface area contributed by atoms with Gasteiger partial charge >= 0.3 is 0 Å². The van der Waals surface area contributed by atoms with Crippen LogP contribution in [0.2, 0.25) is 0 Å². The van der Waals surface area contributed by atoms with Gasteiger partial charge in [-0.05, 0) is 61.4 Å². The van der Waals surface area contributed by atoms with Crippen molar-refractivity contribution in [1.29, 1.82) is 0 Å². The lowest BCUT2D eigenvalue weighted by molar-refractivity contribution is -0.132. The van der Waals surface area contributed by atoms with E-state index < -0.39 is 60.8 Å². The first kappa shape index (κ1) is 33.5. The molecule has 0 spiro atoms. The maximum atomic E-state index is 10.4. The Labute approximate surface area is 261 Å². The van der Waals surface area contributed by atoms with Crippen molar-refractivity contribution in [3.8, 4) is 0 Å². The van der Waals surface area contributed by atoms with Crippen LogP contribution in [-0.4, -0.2) is 111 Å². The summed E-state index contributed by atoms with van der Waals surface area (Å²) in [7, 11) is 0. The van der Waals surface area contributed by atoms with E-state index in [2.05, 4.69) is 47.5 Å². The van der Waals surface area contributed by atoms with Gasteiger partial charge in [0.25, 0.3) is 0 Å². The molecule has 248 valence electrons. The number of ether oxygens (including phenoxy) is 2. The first-order valence-corrected chi connectivity index (χ1v) is 15.2. The molecule has 16 nitrogen and oxygen atoms in total. The highest BCUT2D eigenvalue weighted by molar-refractivity contribution is 5.45. The molecule has 2 saturated carbocycles. The Balaban J connectivity index is 1.22. The van der Waals surface area contributed by atoms with Crippen molar-refractivity contribution < 1.29 is 29.9 Å². The van der Waals surface area contributed by atoms with Gasteiger partial charge in [-0.25, -0.2) is 9.36 Å². The van der Waals surface area contributed by atoms with E-state index in [0.717, 1.165) is 27.8 Å². The first-order chi connectivity index (χ1) is 21.3. The molecule has 16 heteroatoms. The summed E-state index contributed by atoms with van der Waals surface area (Å²) in [6.07, 6.45) is -1.84. The molecule has 0 radical (unpaired) electrons. The second-order valence-electron chi connectivity index (χ2n) is 12.5. The third-order valence-electron chi connectivity index (χ3n) is 9.13. The summed E-state index contributed by atoms with van der Waals surface area (Å²) in [5, 5.41) is 58.0. The molecule has 3 aromatic rings. The zero-order chi connectivity index (χ0) is 32.6. The fourth-order valence-electron chi connectivity index (χ4n) is 6.43. The summed E-state index contributed by atoms with van der Waals surface area (Å²) in [4.78, 5) is 0. The summed E-state index contributed by atoms with van der Waals surface area (Å²) in [6.45, 7) is 7.29. The molecule has 2 aliphatic rings. The summed E-state index contributed by atoms with van der Waals surface area (Å²) in [5.41, 5.74) is 30.6. The van der Waals surface area contributed by atoms with Crippen LogP contribution in [0, 0.1) is 20.8 Å². The third kappa shape index (κ3) is 7.25. The number of aliphatic hydroxyl groups is 4. The molecule has 0 unspecified atom stereocenters. The Kier molecular flexibility index (Phi) is 10.3. The van der Waals surface area contributed by atoms with Crippen LogP contribution in [0.4, 0.5) is 0 Å². The first-order valence-electron chi connectivity index (χ1n) is 15.2. The van der Waals surface area contributed by atoms with Crippen molar-refractivity contribution in [3.63, 3.8) is 0 Å². The molecule has 2 fully saturated rings. The van der Waals surface area contributed by atoms with Crippen LogP contribution in [0.25, 0.3) is 0 Å². The third-order valence-corrected chi connectivity index (χ3v) is 9.13.